The Balaban J connectivity index is 1.97. The monoisotopic (exact) mass is 348 g/mol. The van der Waals surface area contributed by atoms with Crippen molar-refractivity contribution < 1.29 is 13.2 Å². The third-order valence-corrected chi connectivity index (χ3v) is 4.92. The van der Waals surface area contributed by atoms with E-state index < -0.39 is 12.1 Å². The molecule has 1 aromatic carbocycles. The van der Waals surface area contributed by atoms with Crippen molar-refractivity contribution in [2.75, 3.05) is 0 Å². The van der Waals surface area contributed by atoms with E-state index in [1.54, 1.807) is 11.5 Å². The zero-order valence-electron chi connectivity index (χ0n) is 14.3. The Morgan fingerprint density at radius 2 is 1.72 bits per heavy atom. The first kappa shape index (κ1) is 17.8. The smallest absolute Gasteiger partial charge is 0.269 e. The fourth-order valence-corrected chi connectivity index (χ4v) is 3.53. The number of alkyl halides is 3. The van der Waals surface area contributed by atoms with Crippen LogP contribution in [0.25, 0.3) is 5.69 Å². The van der Waals surface area contributed by atoms with Gasteiger partial charge < -0.3 is 0 Å². The first-order chi connectivity index (χ1) is 11.8. The summed E-state index contributed by atoms with van der Waals surface area (Å²) in [5, 5.41) is 0. The van der Waals surface area contributed by atoms with Gasteiger partial charge in [-0.25, -0.2) is 4.98 Å². The molecule has 1 aliphatic carbocycles. The molecular weight excluding hydrogens is 328 g/mol. The Hall–Kier alpha value is -2.05. The van der Waals surface area contributed by atoms with Crippen LogP contribution in [0.5, 0.6) is 0 Å². The number of aromatic nitrogens is 2. The molecule has 1 fully saturated rings. The van der Waals surface area contributed by atoms with Crippen molar-refractivity contribution in [3.63, 3.8) is 0 Å². The molecule has 0 aliphatic heterocycles. The Bertz CT molecular complexity index is 807. The summed E-state index contributed by atoms with van der Waals surface area (Å²) < 4.78 is 40.3. The van der Waals surface area contributed by atoms with Crippen LogP contribution in [0.4, 0.5) is 13.2 Å². The van der Waals surface area contributed by atoms with E-state index in [0.29, 0.717) is 30.0 Å². The van der Waals surface area contributed by atoms with Crippen LogP contribution in [-0.4, -0.2) is 23.6 Å². The fourth-order valence-electron chi connectivity index (χ4n) is 3.53. The third kappa shape index (κ3) is 3.80. The summed E-state index contributed by atoms with van der Waals surface area (Å²) in [5.74, 6) is -0.796. The van der Waals surface area contributed by atoms with Crippen LogP contribution in [0.2, 0.25) is 0 Å². The van der Waals surface area contributed by atoms with E-state index in [-0.39, 0.29) is 24.3 Å². The summed E-state index contributed by atoms with van der Waals surface area (Å²) in [4.78, 5) is 17.1. The van der Waals surface area contributed by atoms with Gasteiger partial charge in [0.05, 0.1) is 11.6 Å². The van der Waals surface area contributed by atoms with E-state index in [4.69, 9.17) is 0 Å². The topological polar surface area (TPSA) is 34.9 Å². The molecule has 3 rings (SSSR count). The maximum absolute atomic E-state index is 12.9. The molecule has 0 spiro atoms. The lowest BCUT2D eigenvalue weighted by Gasteiger charge is -2.30. The first-order valence-electron chi connectivity index (χ1n) is 8.50. The molecule has 0 radical (unpaired) electrons. The largest absolute Gasteiger partial charge is 0.391 e. The Morgan fingerprint density at radius 1 is 1.12 bits per heavy atom. The zero-order valence-corrected chi connectivity index (χ0v) is 14.3. The van der Waals surface area contributed by atoms with Crippen molar-refractivity contribution in [2.45, 2.75) is 44.7 Å². The van der Waals surface area contributed by atoms with Gasteiger partial charge in [-0.05, 0) is 44.7 Å². The molecule has 1 saturated carbocycles. The maximum Gasteiger partial charge on any atom is 0.391 e. The molecule has 2 aromatic rings. The van der Waals surface area contributed by atoms with Gasteiger partial charge in [0.1, 0.15) is 13.7 Å². The van der Waals surface area contributed by atoms with Crippen molar-refractivity contribution in [3.8, 4) is 5.69 Å². The van der Waals surface area contributed by atoms with Crippen LogP contribution in [0.3, 0.4) is 0 Å². The van der Waals surface area contributed by atoms with E-state index in [0.717, 1.165) is 5.46 Å². The number of halogens is 3. The number of hydrogen-bond acceptors (Lipinski definition) is 2. The van der Waals surface area contributed by atoms with Crippen LogP contribution in [0, 0.1) is 12.8 Å². The van der Waals surface area contributed by atoms with Crippen LogP contribution < -0.4 is 11.0 Å². The summed E-state index contributed by atoms with van der Waals surface area (Å²) in [6, 6.07) is 8.97. The van der Waals surface area contributed by atoms with E-state index >= 15 is 0 Å². The quantitative estimate of drug-likeness (QED) is 0.782. The SMILES string of the molecule is Bc1ccc(-n2c(=O)cc(C)nc2[C@H]2CC[C@@H](C(F)(F)F)CC2)cc1. The minimum absolute atomic E-state index is 0.0892. The molecule has 0 saturated heterocycles. The van der Waals surface area contributed by atoms with E-state index in [1.807, 2.05) is 32.1 Å². The second-order valence-corrected chi connectivity index (χ2v) is 6.86. The lowest BCUT2D eigenvalue weighted by atomic mass is 9.81. The predicted molar refractivity (Wildman–Crippen MR) is 93.5 cm³/mol. The van der Waals surface area contributed by atoms with Gasteiger partial charge in [0, 0.05) is 17.7 Å². The molecule has 0 atom stereocenters. The summed E-state index contributed by atoms with van der Waals surface area (Å²) in [6.45, 7) is 1.74. The van der Waals surface area contributed by atoms with Crippen molar-refractivity contribution in [2.24, 2.45) is 5.92 Å². The van der Waals surface area contributed by atoms with Gasteiger partial charge in [-0.2, -0.15) is 13.2 Å². The number of nitrogens with zero attached hydrogens (tertiary/aromatic N) is 2. The molecule has 7 heteroatoms. The second-order valence-electron chi connectivity index (χ2n) is 6.86. The highest BCUT2D eigenvalue weighted by Gasteiger charge is 2.42. The molecule has 0 amide bonds. The Morgan fingerprint density at radius 3 is 2.28 bits per heavy atom. The molecule has 1 aromatic heterocycles. The molecular formula is C18H20BF3N2O. The summed E-state index contributed by atoms with van der Waals surface area (Å²) in [6.07, 6.45) is -3.17. The van der Waals surface area contributed by atoms with E-state index in [2.05, 4.69) is 4.98 Å². The molecule has 132 valence electrons. The number of hydrogen-bond donors (Lipinski definition) is 0. The molecule has 25 heavy (non-hydrogen) atoms. The van der Waals surface area contributed by atoms with Crippen molar-refractivity contribution in [1.82, 2.24) is 9.55 Å². The molecule has 0 bridgehead atoms. The van der Waals surface area contributed by atoms with Gasteiger partial charge >= 0.3 is 6.18 Å². The van der Waals surface area contributed by atoms with Crippen LogP contribution in [0.15, 0.2) is 35.1 Å². The fraction of sp³-hybridized carbons (Fsp3) is 0.444. The van der Waals surface area contributed by atoms with Crippen molar-refractivity contribution in [3.05, 3.63) is 52.2 Å². The number of rotatable bonds is 2. The van der Waals surface area contributed by atoms with Gasteiger partial charge in [-0.1, -0.05) is 17.6 Å². The van der Waals surface area contributed by atoms with E-state index in [9.17, 15) is 18.0 Å². The van der Waals surface area contributed by atoms with Gasteiger partial charge in [0.2, 0.25) is 0 Å². The highest BCUT2D eigenvalue weighted by atomic mass is 19.4. The van der Waals surface area contributed by atoms with Crippen LogP contribution in [-0.2, 0) is 0 Å². The minimum atomic E-state index is -4.14. The van der Waals surface area contributed by atoms with Crippen LogP contribution >= 0.6 is 0 Å². The normalized spacial score (nSPS) is 21.3. The lowest BCUT2D eigenvalue weighted by molar-refractivity contribution is -0.182. The molecule has 1 heterocycles. The first-order valence-corrected chi connectivity index (χ1v) is 8.50. The Labute approximate surface area is 145 Å². The zero-order chi connectivity index (χ0) is 18.2. The summed E-state index contributed by atoms with van der Waals surface area (Å²) >= 11 is 0. The molecule has 0 N–H and O–H groups in total. The highest BCUT2D eigenvalue weighted by Crippen LogP contribution is 2.42. The molecule has 3 nitrogen and oxygen atoms in total. The molecule has 1 aliphatic rings. The summed E-state index contributed by atoms with van der Waals surface area (Å²) in [5.41, 5.74) is 2.19. The maximum atomic E-state index is 12.9. The second kappa shape index (κ2) is 6.69. The number of benzene rings is 1. The van der Waals surface area contributed by atoms with Crippen molar-refractivity contribution >= 4 is 13.3 Å². The third-order valence-electron chi connectivity index (χ3n) is 4.92. The highest BCUT2D eigenvalue weighted by molar-refractivity contribution is 6.32. The van der Waals surface area contributed by atoms with Gasteiger partial charge in [0.15, 0.2) is 0 Å². The average Bonchev–Trinajstić information content (AvgIpc) is 2.55. The van der Waals surface area contributed by atoms with Gasteiger partial charge in [0.25, 0.3) is 5.56 Å². The van der Waals surface area contributed by atoms with E-state index in [1.165, 1.54) is 6.07 Å². The summed E-state index contributed by atoms with van der Waals surface area (Å²) in [7, 11) is 1.96. The predicted octanol–water partition coefficient (Wildman–Crippen LogP) is 2.64. The van der Waals surface area contributed by atoms with Gasteiger partial charge in [-0.15, -0.1) is 0 Å². The Kier molecular flexibility index (Phi) is 4.76. The standard InChI is InChI=1S/C18H20BF3N2O/c1-11-10-16(25)24(15-8-6-14(19)7-9-15)17(23-11)12-2-4-13(5-3-12)18(20,21)22/h6-10,12-13H,2-5,19H2,1H3/t12-,13+. The van der Waals surface area contributed by atoms with Crippen molar-refractivity contribution in [1.29, 1.82) is 0 Å². The minimum Gasteiger partial charge on any atom is -0.269 e. The van der Waals surface area contributed by atoms with Gasteiger partial charge in [-0.3, -0.25) is 9.36 Å². The number of aryl methyl sites for hydroxylation is 1. The lowest BCUT2D eigenvalue weighted by Crippen LogP contribution is -2.31. The van der Waals surface area contributed by atoms with Crippen LogP contribution in [0.1, 0.15) is 43.1 Å². The molecule has 0 unspecified atom stereocenters. The average molecular weight is 348 g/mol.